The van der Waals surface area contributed by atoms with E-state index in [1.54, 1.807) is 65.6 Å². The normalized spacial score (nSPS) is 32.2. The van der Waals surface area contributed by atoms with E-state index in [1.165, 1.54) is 24.3 Å². The minimum Gasteiger partial charge on any atom is -0.389 e. The molecule has 4 aromatic carbocycles. The SMILES string of the molecule is C.C.C.C.Cc1ccc(S(=O)(=O)O[C@@H]2CN(CC(=O)c3ccccc3)[C@H]3[C@@H]2OC[C@@H]3O)cc1.Cc1ccc(S(=O)(=O)O[C@@H]2CN[C@H]3[C@@H]2OC[C@@H]3O)cc1.O=C(CN1C[C@H](Cl)[C@H]2OC[C@H](O)[C@H]21)c1ccccc1.O[C@H]1CO[C@H]2[C@@H]1NC[C@@H]2Cl. The standard InChI is InChI=1S/C21H23NO6S.C14H16ClNO3.C13H17NO5S.C6H10ClNO2.4CH4/c1-14-7-9-16(10-8-14)29(25,26)28-19-12-22(20-18(24)13-27-21(19)20)11-17(23)15-5-3-2-4-6-15;15-10-6-16(13-12(18)8-19-14(10)13)7-11(17)9-4-2-1-3-5-9;1-8-2-4-9(5-3-8)20(16,17)19-11-6-14-12-10(15)7-18-13(11)12;7-3-1-8-5-4(9)2-10-6(3)5;;;;/h2-10,18-21,24H,11-13H2,1H3;1-5,10,12-14,18H,6-8H2;2-5,10-15H,6-7H2,1H3;3-6,8-9H,1-2H2;4*1H4/t18-,19+,20+,21+;10-,12-,13+,14+;10-,11+,12+,13+;3-,4-,5+,6+;;;;/m0000..../s1. The Morgan fingerprint density at radius 3 is 1.39 bits per heavy atom. The van der Waals surface area contributed by atoms with Gasteiger partial charge in [0.25, 0.3) is 20.2 Å². The van der Waals surface area contributed by atoms with Gasteiger partial charge in [-0.25, -0.2) is 0 Å². The number of halogens is 2. The highest BCUT2D eigenvalue weighted by Crippen LogP contribution is 2.35. The van der Waals surface area contributed by atoms with Gasteiger partial charge in [-0.15, -0.1) is 23.2 Å². The summed E-state index contributed by atoms with van der Waals surface area (Å²) in [6.07, 6.45) is -4.94. The molecule has 8 aliphatic heterocycles. The highest BCUT2D eigenvalue weighted by Gasteiger charge is 2.54. The van der Waals surface area contributed by atoms with Crippen molar-refractivity contribution < 1.29 is 74.2 Å². The number of nitrogens with one attached hydrogen (secondary N) is 2. The third-order valence-electron chi connectivity index (χ3n) is 15.1. The first-order valence-electron chi connectivity index (χ1n) is 25.9. The molecular formula is C58H82Cl2N4O16S2. The maximum absolute atomic E-state index is 12.7. The maximum atomic E-state index is 12.7. The number of hydrogen-bond acceptors (Lipinski definition) is 20. The molecule has 0 spiro atoms. The Balaban J connectivity index is 0.000000207. The minimum atomic E-state index is -3.99. The molecule has 0 bridgehead atoms. The number of likely N-dealkylation sites (tertiary alicyclic amines) is 2. The zero-order chi connectivity index (χ0) is 55.5. The molecule has 0 radical (unpaired) electrons. The number of ketones is 2. The van der Waals surface area contributed by atoms with Crippen LogP contribution in [0.4, 0.5) is 0 Å². The molecule has 82 heavy (non-hydrogen) atoms. The van der Waals surface area contributed by atoms with Crippen molar-refractivity contribution in [2.45, 2.75) is 149 Å². The maximum Gasteiger partial charge on any atom is 0.297 e. The van der Waals surface area contributed by atoms with E-state index in [1.807, 2.05) is 43.0 Å². The molecule has 8 saturated heterocycles. The predicted octanol–water partition coefficient (Wildman–Crippen LogP) is 3.99. The molecule has 0 aliphatic carbocycles. The van der Waals surface area contributed by atoms with Gasteiger partial charge in [0, 0.05) is 37.3 Å². The fourth-order valence-electron chi connectivity index (χ4n) is 11.0. The molecule has 16 atom stereocenters. The summed E-state index contributed by atoms with van der Waals surface area (Å²) in [7, 11) is -7.81. The zero-order valence-corrected chi connectivity index (χ0v) is 46.0. The monoisotopic (exact) mass is 1220 g/mol. The number of ether oxygens (including phenoxy) is 4. The van der Waals surface area contributed by atoms with Gasteiger partial charge in [-0.1, -0.05) is 126 Å². The van der Waals surface area contributed by atoms with Crippen LogP contribution in [0.2, 0.25) is 0 Å². The lowest BCUT2D eigenvalue weighted by Crippen LogP contribution is -2.43. The minimum absolute atomic E-state index is 0. The van der Waals surface area contributed by atoms with Gasteiger partial charge in [0.2, 0.25) is 0 Å². The molecule has 456 valence electrons. The van der Waals surface area contributed by atoms with Crippen LogP contribution in [0.5, 0.6) is 0 Å². The average Bonchev–Trinajstić information content (AvgIpc) is 4.04. The fraction of sp³-hybridized carbons (Fsp3) is 0.552. The second-order valence-electron chi connectivity index (χ2n) is 20.6. The summed E-state index contributed by atoms with van der Waals surface area (Å²) in [5, 5.41) is 45.2. The van der Waals surface area contributed by atoms with Crippen LogP contribution < -0.4 is 10.6 Å². The summed E-state index contributed by atoms with van der Waals surface area (Å²) in [4.78, 5) is 28.7. The predicted molar refractivity (Wildman–Crippen MR) is 312 cm³/mol. The number of carbonyl (C=O) groups is 2. The fourth-order valence-corrected chi connectivity index (χ4v) is 13.9. The number of Topliss-reactive ketones (excluding diaryl/α,β-unsaturated/α-hetero) is 2. The van der Waals surface area contributed by atoms with Crippen LogP contribution in [0.25, 0.3) is 0 Å². The van der Waals surface area contributed by atoms with E-state index >= 15 is 0 Å². The van der Waals surface area contributed by atoms with Crippen molar-refractivity contribution in [3.8, 4) is 0 Å². The topological polar surface area (TPSA) is 269 Å². The third kappa shape index (κ3) is 16.0. The summed E-state index contributed by atoms with van der Waals surface area (Å²) >= 11 is 12.1. The number of aliphatic hydroxyl groups excluding tert-OH is 4. The van der Waals surface area contributed by atoms with Gasteiger partial charge in [0.1, 0.15) is 24.4 Å². The number of fused-ring (bicyclic) bond motifs is 4. The van der Waals surface area contributed by atoms with Crippen molar-refractivity contribution in [1.82, 2.24) is 20.4 Å². The van der Waals surface area contributed by atoms with E-state index in [-0.39, 0.29) is 131 Å². The van der Waals surface area contributed by atoms with E-state index in [4.69, 9.17) is 50.5 Å². The summed E-state index contributed by atoms with van der Waals surface area (Å²) in [5.41, 5.74) is 3.17. The second kappa shape index (κ2) is 30.0. The molecule has 12 rings (SSSR count). The third-order valence-corrected chi connectivity index (χ3v) is 18.5. The molecule has 0 amide bonds. The number of alkyl halides is 2. The van der Waals surface area contributed by atoms with Gasteiger partial charge < -0.3 is 50.0 Å². The summed E-state index contributed by atoms with van der Waals surface area (Å²) in [5.74, 6) is -0.0605. The van der Waals surface area contributed by atoms with Crippen molar-refractivity contribution >= 4 is 55.0 Å². The Morgan fingerprint density at radius 2 is 0.902 bits per heavy atom. The quantitative estimate of drug-likeness (QED) is 0.0665. The largest absolute Gasteiger partial charge is 0.389 e. The van der Waals surface area contributed by atoms with Crippen molar-refractivity contribution in [2.75, 3.05) is 65.7 Å². The smallest absolute Gasteiger partial charge is 0.297 e. The molecule has 4 aromatic rings. The molecule has 24 heteroatoms. The highest BCUT2D eigenvalue weighted by molar-refractivity contribution is 7.87. The van der Waals surface area contributed by atoms with Crippen molar-refractivity contribution in [2.24, 2.45) is 0 Å². The van der Waals surface area contributed by atoms with Crippen LogP contribution in [0.3, 0.4) is 0 Å². The zero-order valence-electron chi connectivity index (χ0n) is 42.9. The molecule has 8 fully saturated rings. The van der Waals surface area contributed by atoms with Crippen LogP contribution in [0, 0.1) is 13.8 Å². The Morgan fingerprint density at radius 1 is 0.512 bits per heavy atom. The molecule has 0 unspecified atom stereocenters. The number of aryl methyl sites for hydroxylation is 2. The molecule has 0 saturated carbocycles. The molecule has 8 aliphatic rings. The number of nitrogens with zero attached hydrogens (tertiary/aromatic N) is 2. The van der Waals surface area contributed by atoms with Crippen molar-refractivity contribution in [1.29, 1.82) is 0 Å². The van der Waals surface area contributed by atoms with Crippen LogP contribution in [0.1, 0.15) is 61.5 Å². The van der Waals surface area contributed by atoms with Crippen LogP contribution in [-0.2, 0) is 47.5 Å². The van der Waals surface area contributed by atoms with Gasteiger partial charge in [-0.05, 0) is 38.1 Å². The van der Waals surface area contributed by atoms with Crippen molar-refractivity contribution in [3.05, 3.63) is 131 Å². The first-order chi connectivity index (χ1) is 37.3. The Labute approximate surface area is 493 Å². The highest BCUT2D eigenvalue weighted by atomic mass is 35.5. The molecule has 8 heterocycles. The van der Waals surface area contributed by atoms with Crippen LogP contribution in [-0.4, -0.2) is 220 Å². The first kappa shape index (κ1) is 68.9. The van der Waals surface area contributed by atoms with Crippen LogP contribution >= 0.6 is 23.2 Å². The average molecular weight is 1230 g/mol. The van der Waals surface area contributed by atoms with E-state index in [9.17, 15) is 46.9 Å². The summed E-state index contributed by atoms with van der Waals surface area (Å²) < 4.78 is 82.3. The van der Waals surface area contributed by atoms with Gasteiger partial charge in [-0.3, -0.25) is 27.8 Å². The van der Waals surface area contributed by atoms with Gasteiger partial charge in [-0.2, -0.15) is 16.8 Å². The van der Waals surface area contributed by atoms with Crippen molar-refractivity contribution in [3.63, 3.8) is 0 Å². The number of aliphatic hydroxyl groups is 4. The summed E-state index contributed by atoms with van der Waals surface area (Å²) in [6.45, 7) is 6.92. The van der Waals surface area contributed by atoms with Crippen LogP contribution in [0.15, 0.2) is 119 Å². The molecule has 0 aromatic heterocycles. The second-order valence-corrected chi connectivity index (χ2v) is 24.8. The lowest BCUT2D eigenvalue weighted by atomic mass is 10.1. The number of hydrogen-bond donors (Lipinski definition) is 6. The molecular weight excluding hydrogens is 1140 g/mol. The lowest BCUT2D eigenvalue weighted by molar-refractivity contribution is 0.0267. The van der Waals surface area contributed by atoms with Gasteiger partial charge in [0.15, 0.2) is 11.6 Å². The molecule has 6 N–H and O–H groups in total. The number of carbonyl (C=O) groups excluding carboxylic acids is 2. The van der Waals surface area contributed by atoms with E-state index in [0.29, 0.717) is 37.4 Å². The van der Waals surface area contributed by atoms with Gasteiger partial charge in [0.05, 0.1) is 121 Å². The summed E-state index contributed by atoms with van der Waals surface area (Å²) in [6, 6.07) is 30.1. The first-order valence-corrected chi connectivity index (χ1v) is 29.5. The van der Waals surface area contributed by atoms with E-state index < -0.39 is 69.0 Å². The Bertz CT molecular complexity index is 2870. The Hall–Kier alpha value is -3.86. The molecule has 20 nitrogen and oxygen atoms in total. The number of rotatable bonds is 12. The van der Waals surface area contributed by atoms with Gasteiger partial charge >= 0.3 is 0 Å². The lowest BCUT2D eigenvalue weighted by Gasteiger charge is -2.23. The Kier molecular flexibility index (Phi) is 25.2. The number of benzene rings is 4. The van der Waals surface area contributed by atoms with E-state index in [2.05, 4.69) is 10.6 Å². The van der Waals surface area contributed by atoms with E-state index in [0.717, 1.165) is 17.7 Å².